The van der Waals surface area contributed by atoms with Gasteiger partial charge in [0, 0.05) is 44.0 Å². The van der Waals surface area contributed by atoms with Crippen LogP contribution in [0.4, 0.5) is 17.5 Å². The SMILES string of the molecule is COC(=O)c1nnc(Cl)cc1N1CCCC(CCCCN(Cc2ccc(OC)cc2)c2nc(C)cc(N)n2)C1. The predicted molar refractivity (Wildman–Crippen MR) is 152 cm³/mol. The number of hydrogen-bond acceptors (Lipinski definition) is 10. The van der Waals surface area contributed by atoms with Crippen molar-refractivity contribution >= 4 is 35.0 Å². The van der Waals surface area contributed by atoms with Gasteiger partial charge in [0.15, 0.2) is 10.8 Å². The quantitative estimate of drug-likeness (QED) is 0.264. The maximum atomic E-state index is 12.2. The van der Waals surface area contributed by atoms with Gasteiger partial charge in [0.1, 0.15) is 11.6 Å². The van der Waals surface area contributed by atoms with Crippen LogP contribution in [0.2, 0.25) is 5.15 Å². The van der Waals surface area contributed by atoms with Crippen LogP contribution in [0.3, 0.4) is 0 Å². The number of nitrogens with two attached hydrogens (primary N) is 1. The van der Waals surface area contributed by atoms with E-state index in [0.29, 0.717) is 29.9 Å². The molecule has 208 valence electrons. The van der Waals surface area contributed by atoms with Crippen molar-refractivity contribution in [3.63, 3.8) is 0 Å². The number of ether oxygens (including phenoxy) is 2. The fourth-order valence-corrected chi connectivity index (χ4v) is 5.16. The molecule has 3 heterocycles. The Morgan fingerprint density at radius 2 is 1.95 bits per heavy atom. The number of hydrogen-bond donors (Lipinski definition) is 1. The van der Waals surface area contributed by atoms with E-state index in [4.69, 9.17) is 26.8 Å². The van der Waals surface area contributed by atoms with E-state index in [-0.39, 0.29) is 10.8 Å². The molecule has 2 aromatic heterocycles. The van der Waals surface area contributed by atoms with Gasteiger partial charge in [-0.05, 0) is 56.2 Å². The number of aryl methyl sites for hydroxylation is 1. The zero-order valence-electron chi connectivity index (χ0n) is 22.8. The number of esters is 1. The van der Waals surface area contributed by atoms with Crippen LogP contribution in [0.5, 0.6) is 5.75 Å². The number of piperidine rings is 1. The number of benzene rings is 1. The van der Waals surface area contributed by atoms with Crippen LogP contribution >= 0.6 is 11.6 Å². The van der Waals surface area contributed by atoms with Crippen LogP contribution in [0, 0.1) is 12.8 Å². The lowest BCUT2D eigenvalue weighted by Gasteiger charge is -2.35. The molecule has 1 saturated heterocycles. The molecule has 1 aliphatic rings. The van der Waals surface area contributed by atoms with Crippen LogP contribution in [0.1, 0.15) is 53.8 Å². The standard InChI is InChI=1S/C28H36ClN7O3/c1-19-15-25(30)32-28(31-19)36(18-21-9-11-22(38-2)12-10-21)13-5-4-7-20-8-6-14-35(17-20)23-16-24(29)33-34-26(23)27(37)39-3/h9-12,15-16,20H,4-8,13-14,17-18H2,1-3H3,(H2,30,31,32). The first-order valence-corrected chi connectivity index (χ1v) is 13.6. The molecule has 0 aliphatic carbocycles. The maximum absolute atomic E-state index is 12.2. The second-order valence-corrected chi connectivity index (χ2v) is 10.2. The zero-order valence-corrected chi connectivity index (χ0v) is 23.5. The lowest BCUT2D eigenvalue weighted by Crippen LogP contribution is -2.36. The number of halogens is 1. The van der Waals surface area contributed by atoms with Crippen LogP contribution in [0.15, 0.2) is 36.4 Å². The molecular formula is C28H36ClN7O3. The van der Waals surface area contributed by atoms with E-state index in [2.05, 4.69) is 42.1 Å². The first-order chi connectivity index (χ1) is 18.9. The molecule has 1 aliphatic heterocycles. The van der Waals surface area contributed by atoms with Crippen molar-refractivity contribution in [1.29, 1.82) is 0 Å². The number of nitrogen functional groups attached to an aromatic ring is 1. The molecule has 11 heteroatoms. The minimum atomic E-state index is -0.507. The Morgan fingerprint density at radius 1 is 1.15 bits per heavy atom. The molecule has 1 fully saturated rings. The highest BCUT2D eigenvalue weighted by Gasteiger charge is 2.26. The van der Waals surface area contributed by atoms with Gasteiger partial charge in [0.2, 0.25) is 5.95 Å². The summed E-state index contributed by atoms with van der Waals surface area (Å²) in [7, 11) is 3.01. The van der Waals surface area contributed by atoms with Gasteiger partial charge in [-0.3, -0.25) is 0 Å². The largest absolute Gasteiger partial charge is 0.497 e. The van der Waals surface area contributed by atoms with Crippen LogP contribution in [0.25, 0.3) is 0 Å². The van der Waals surface area contributed by atoms with Crippen molar-refractivity contribution in [2.75, 3.05) is 49.4 Å². The third-order valence-corrected chi connectivity index (χ3v) is 7.14. The van der Waals surface area contributed by atoms with Crippen molar-refractivity contribution in [2.45, 2.75) is 45.6 Å². The Bertz CT molecular complexity index is 1240. The molecule has 4 rings (SSSR count). The average molecular weight is 554 g/mol. The highest BCUT2D eigenvalue weighted by Crippen LogP contribution is 2.29. The molecule has 0 spiro atoms. The van der Waals surface area contributed by atoms with E-state index in [1.54, 1.807) is 19.2 Å². The molecule has 0 bridgehead atoms. The van der Waals surface area contributed by atoms with Gasteiger partial charge in [-0.1, -0.05) is 30.2 Å². The number of carbonyl (C=O) groups is 1. The Hall–Kier alpha value is -3.66. The van der Waals surface area contributed by atoms with Gasteiger partial charge in [0.05, 0.1) is 19.9 Å². The van der Waals surface area contributed by atoms with E-state index >= 15 is 0 Å². The van der Waals surface area contributed by atoms with Crippen molar-refractivity contribution in [3.05, 3.63) is 58.5 Å². The number of anilines is 3. The molecule has 0 radical (unpaired) electrons. The topological polar surface area (TPSA) is 120 Å². The first kappa shape index (κ1) is 28.4. The Kier molecular flexibility index (Phi) is 9.75. The van der Waals surface area contributed by atoms with Gasteiger partial charge in [0.25, 0.3) is 0 Å². The smallest absolute Gasteiger partial charge is 0.360 e. The highest BCUT2D eigenvalue weighted by molar-refractivity contribution is 6.29. The number of nitrogens with zero attached hydrogens (tertiary/aromatic N) is 6. The molecule has 0 saturated carbocycles. The second-order valence-electron chi connectivity index (χ2n) is 9.85. The summed E-state index contributed by atoms with van der Waals surface area (Å²) >= 11 is 6.11. The van der Waals surface area contributed by atoms with E-state index in [9.17, 15) is 4.79 Å². The van der Waals surface area contributed by atoms with Crippen LogP contribution in [-0.2, 0) is 11.3 Å². The molecular weight excluding hydrogens is 518 g/mol. The number of unbranched alkanes of at least 4 members (excludes halogenated alkanes) is 1. The minimum Gasteiger partial charge on any atom is -0.497 e. The Balaban J connectivity index is 1.38. The molecule has 39 heavy (non-hydrogen) atoms. The van der Waals surface area contributed by atoms with Crippen molar-refractivity contribution < 1.29 is 14.3 Å². The lowest BCUT2D eigenvalue weighted by atomic mass is 9.92. The van der Waals surface area contributed by atoms with E-state index in [1.165, 1.54) is 7.11 Å². The van der Waals surface area contributed by atoms with E-state index in [0.717, 1.165) is 68.7 Å². The molecule has 3 aromatic rings. The lowest BCUT2D eigenvalue weighted by molar-refractivity contribution is 0.0593. The van der Waals surface area contributed by atoms with Crippen molar-refractivity contribution in [2.24, 2.45) is 5.92 Å². The van der Waals surface area contributed by atoms with Gasteiger partial charge >= 0.3 is 5.97 Å². The molecule has 0 amide bonds. The highest BCUT2D eigenvalue weighted by atomic mass is 35.5. The average Bonchev–Trinajstić information content (AvgIpc) is 2.94. The van der Waals surface area contributed by atoms with Crippen molar-refractivity contribution in [3.8, 4) is 5.75 Å². The van der Waals surface area contributed by atoms with Gasteiger partial charge in [-0.15, -0.1) is 10.2 Å². The third kappa shape index (κ3) is 7.69. The predicted octanol–water partition coefficient (Wildman–Crippen LogP) is 4.70. The number of rotatable bonds is 11. The molecule has 1 unspecified atom stereocenters. The third-order valence-electron chi connectivity index (χ3n) is 6.95. The Morgan fingerprint density at radius 3 is 2.67 bits per heavy atom. The van der Waals surface area contributed by atoms with Gasteiger partial charge in [-0.2, -0.15) is 4.98 Å². The molecule has 2 N–H and O–H groups in total. The maximum Gasteiger partial charge on any atom is 0.360 e. The fraction of sp³-hybridized carbons (Fsp3) is 0.464. The Labute approximate surface area is 234 Å². The normalized spacial score (nSPS) is 15.2. The summed E-state index contributed by atoms with van der Waals surface area (Å²) in [5.74, 6) is 1.93. The van der Waals surface area contributed by atoms with Gasteiger partial charge in [-0.25, -0.2) is 9.78 Å². The monoisotopic (exact) mass is 553 g/mol. The summed E-state index contributed by atoms with van der Waals surface area (Å²) in [6, 6.07) is 11.5. The number of methoxy groups -OCH3 is 2. The molecule has 1 aromatic carbocycles. The summed E-state index contributed by atoms with van der Waals surface area (Å²) in [4.78, 5) is 25.8. The summed E-state index contributed by atoms with van der Waals surface area (Å²) in [5.41, 5.74) is 8.92. The van der Waals surface area contributed by atoms with Gasteiger partial charge < -0.3 is 25.0 Å². The zero-order chi connectivity index (χ0) is 27.8. The summed E-state index contributed by atoms with van der Waals surface area (Å²) in [6.45, 7) is 5.08. The van der Waals surface area contributed by atoms with Crippen LogP contribution in [-0.4, -0.2) is 60.0 Å². The number of aromatic nitrogens is 4. The second kappa shape index (κ2) is 13.4. The van der Waals surface area contributed by atoms with E-state index < -0.39 is 5.97 Å². The summed E-state index contributed by atoms with van der Waals surface area (Å²) in [5, 5.41) is 8.09. The summed E-state index contributed by atoms with van der Waals surface area (Å²) in [6.07, 6.45) is 5.29. The minimum absolute atomic E-state index is 0.203. The van der Waals surface area contributed by atoms with E-state index in [1.807, 2.05) is 19.1 Å². The van der Waals surface area contributed by atoms with Crippen molar-refractivity contribution in [1.82, 2.24) is 20.2 Å². The molecule has 10 nitrogen and oxygen atoms in total. The summed E-state index contributed by atoms with van der Waals surface area (Å²) < 4.78 is 10.2. The molecule has 1 atom stereocenters. The fourth-order valence-electron chi connectivity index (χ4n) is 5.02. The van der Waals surface area contributed by atoms with Crippen LogP contribution < -0.4 is 20.3 Å². The number of carbonyl (C=O) groups excluding carboxylic acids is 1. The first-order valence-electron chi connectivity index (χ1n) is 13.2.